The molecule has 0 atom stereocenters. The van der Waals surface area contributed by atoms with Gasteiger partial charge in [0, 0.05) is 11.8 Å². The number of hydrogen-bond donors (Lipinski definition) is 2. The number of halogens is 6. The number of fused-ring (bicyclic) bond motifs is 1. The van der Waals surface area contributed by atoms with Gasteiger partial charge in [-0.25, -0.2) is 0 Å². The average Bonchev–Trinajstić information content (AvgIpc) is 3.17. The van der Waals surface area contributed by atoms with E-state index in [0.717, 1.165) is 41.3 Å². The molecule has 4 rings (SSSR count). The summed E-state index contributed by atoms with van der Waals surface area (Å²) >= 11 is 0. The van der Waals surface area contributed by atoms with E-state index >= 15 is 0 Å². The maximum absolute atomic E-state index is 13.7. The fraction of sp³-hybridized carbons (Fsp3) is 0.143. The number of alkyl halides is 6. The summed E-state index contributed by atoms with van der Waals surface area (Å²) < 4.78 is 85.0. The lowest BCUT2D eigenvalue weighted by molar-refractivity contribution is -0.152. The third-order valence-corrected chi connectivity index (χ3v) is 4.82. The maximum Gasteiger partial charge on any atom is 0.450 e. The van der Waals surface area contributed by atoms with Crippen LogP contribution in [0.4, 0.5) is 26.3 Å². The molecule has 0 fully saturated rings. The molecule has 2 aromatic heterocycles. The van der Waals surface area contributed by atoms with Crippen LogP contribution in [0.5, 0.6) is 11.5 Å². The molecule has 12 heteroatoms. The van der Waals surface area contributed by atoms with Crippen LogP contribution >= 0.6 is 0 Å². The predicted molar refractivity (Wildman–Crippen MR) is 103 cm³/mol. The van der Waals surface area contributed by atoms with Crippen molar-refractivity contribution < 1.29 is 41.0 Å². The smallest absolute Gasteiger partial charge is 0.450 e. The van der Waals surface area contributed by atoms with Crippen molar-refractivity contribution in [1.29, 1.82) is 0 Å². The molecule has 172 valence electrons. The molecule has 6 nitrogen and oxygen atoms in total. The fourth-order valence-corrected chi connectivity index (χ4v) is 3.26. The Bertz CT molecular complexity index is 1400. The van der Waals surface area contributed by atoms with Crippen LogP contribution in [0, 0.1) is 0 Å². The highest BCUT2D eigenvalue weighted by molar-refractivity contribution is 5.88. The number of nitrogens with zero attached hydrogens (tertiary/aromatic N) is 2. The molecule has 0 saturated heterocycles. The molecular formula is C21H12F6N2O4. The summed E-state index contributed by atoms with van der Waals surface area (Å²) in [5.74, 6) is -3.48. The molecule has 0 aliphatic heterocycles. The molecule has 2 N–H and O–H groups in total. The first kappa shape index (κ1) is 22.2. The van der Waals surface area contributed by atoms with Crippen molar-refractivity contribution in [2.45, 2.75) is 18.9 Å². The first-order valence-corrected chi connectivity index (χ1v) is 9.14. The third kappa shape index (κ3) is 4.11. The van der Waals surface area contributed by atoms with E-state index in [9.17, 15) is 41.4 Å². The van der Waals surface area contributed by atoms with Gasteiger partial charge in [-0.2, -0.15) is 31.4 Å². The number of benzene rings is 2. The number of phenols is 2. The molecule has 0 bridgehead atoms. The Morgan fingerprint density at radius 2 is 1.61 bits per heavy atom. The van der Waals surface area contributed by atoms with Gasteiger partial charge < -0.3 is 14.6 Å². The number of aromatic hydroxyl groups is 2. The lowest BCUT2D eigenvalue weighted by atomic mass is 10.0. The first-order valence-electron chi connectivity index (χ1n) is 9.14. The summed E-state index contributed by atoms with van der Waals surface area (Å²) in [5.41, 5.74) is -3.53. The summed E-state index contributed by atoms with van der Waals surface area (Å²) in [7, 11) is 0. The van der Waals surface area contributed by atoms with Gasteiger partial charge in [0.05, 0.1) is 29.3 Å². The average molecular weight is 470 g/mol. The van der Waals surface area contributed by atoms with Crippen molar-refractivity contribution in [3.05, 3.63) is 75.9 Å². The number of rotatable bonds is 3. The van der Waals surface area contributed by atoms with Gasteiger partial charge in [-0.3, -0.25) is 9.48 Å². The molecule has 0 radical (unpaired) electrons. The molecule has 0 aliphatic carbocycles. The molecule has 0 aliphatic rings. The largest absolute Gasteiger partial charge is 0.504 e. The van der Waals surface area contributed by atoms with E-state index in [-0.39, 0.29) is 12.1 Å². The van der Waals surface area contributed by atoms with Crippen LogP contribution in [0.15, 0.2) is 58.0 Å². The van der Waals surface area contributed by atoms with Gasteiger partial charge in [0.1, 0.15) is 0 Å². The van der Waals surface area contributed by atoms with E-state index in [0.29, 0.717) is 5.56 Å². The zero-order chi connectivity index (χ0) is 24.1. The SMILES string of the molecule is O=c1c(-c2cnn(Cc3ccc(C(F)(F)F)cc3)c2)c(C(F)(F)F)oc2c(O)c(O)ccc12. The Morgan fingerprint density at radius 3 is 2.21 bits per heavy atom. The molecule has 2 heterocycles. The molecule has 2 aromatic carbocycles. The Hall–Kier alpha value is -3.96. The highest BCUT2D eigenvalue weighted by atomic mass is 19.4. The minimum Gasteiger partial charge on any atom is -0.504 e. The summed E-state index contributed by atoms with van der Waals surface area (Å²) in [6.45, 7) is -0.0763. The molecule has 0 saturated carbocycles. The zero-order valence-electron chi connectivity index (χ0n) is 16.2. The van der Waals surface area contributed by atoms with Crippen LogP contribution in [-0.2, 0) is 18.9 Å². The Kier molecular flexibility index (Phi) is 5.10. The second-order valence-electron chi connectivity index (χ2n) is 7.06. The second-order valence-corrected chi connectivity index (χ2v) is 7.06. The van der Waals surface area contributed by atoms with Crippen LogP contribution in [0.1, 0.15) is 16.9 Å². The van der Waals surface area contributed by atoms with Gasteiger partial charge in [0.15, 0.2) is 11.3 Å². The second kappa shape index (κ2) is 7.57. The van der Waals surface area contributed by atoms with Crippen molar-refractivity contribution in [2.24, 2.45) is 0 Å². The molecular weight excluding hydrogens is 458 g/mol. The van der Waals surface area contributed by atoms with Gasteiger partial charge in [-0.1, -0.05) is 12.1 Å². The van der Waals surface area contributed by atoms with E-state index in [1.54, 1.807) is 0 Å². The lowest BCUT2D eigenvalue weighted by Gasteiger charge is -2.12. The predicted octanol–water partition coefficient (Wildman–Crippen LogP) is 5.15. The topological polar surface area (TPSA) is 88.5 Å². The quantitative estimate of drug-likeness (QED) is 0.319. The maximum atomic E-state index is 13.7. The molecule has 0 amide bonds. The van der Waals surface area contributed by atoms with Crippen LogP contribution in [0.25, 0.3) is 22.1 Å². The van der Waals surface area contributed by atoms with Crippen LogP contribution in [0.3, 0.4) is 0 Å². The van der Waals surface area contributed by atoms with Gasteiger partial charge in [0.25, 0.3) is 0 Å². The van der Waals surface area contributed by atoms with Crippen molar-refractivity contribution in [3.63, 3.8) is 0 Å². The minimum absolute atomic E-state index is 0.0763. The third-order valence-electron chi connectivity index (χ3n) is 4.82. The van der Waals surface area contributed by atoms with Gasteiger partial charge in [0.2, 0.25) is 16.9 Å². The van der Waals surface area contributed by atoms with E-state index in [1.807, 2.05) is 0 Å². The summed E-state index contributed by atoms with van der Waals surface area (Å²) in [4.78, 5) is 12.9. The number of hydrogen-bond acceptors (Lipinski definition) is 5. The van der Waals surface area contributed by atoms with E-state index in [4.69, 9.17) is 4.42 Å². The van der Waals surface area contributed by atoms with Crippen molar-refractivity contribution >= 4 is 11.0 Å². The Labute approximate surface area is 179 Å². The van der Waals surface area contributed by atoms with Crippen molar-refractivity contribution in [3.8, 4) is 22.6 Å². The minimum atomic E-state index is -5.13. The highest BCUT2D eigenvalue weighted by Gasteiger charge is 2.40. The summed E-state index contributed by atoms with van der Waals surface area (Å²) in [5, 5.41) is 22.9. The van der Waals surface area contributed by atoms with Crippen LogP contribution in [0.2, 0.25) is 0 Å². The molecule has 0 spiro atoms. The summed E-state index contributed by atoms with van der Waals surface area (Å²) in [6, 6.07) is 6.06. The van der Waals surface area contributed by atoms with Crippen LogP contribution in [-0.4, -0.2) is 20.0 Å². The summed E-state index contributed by atoms with van der Waals surface area (Å²) in [6.07, 6.45) is -7.54. The first-order chi connectivity index (χ1) is 15.4. The zero-order valence-corrected chi connectivity index (χ0v) is 16.2. The number of aromatic nitrogens is 2. The standard InChI is InChI=1S/C21H12F6N2O4/c22-20(23,24)12-3-1-10(2-4-12)8-29-9-11(7-28-29)15-16(31)13-5-6-14(30)17(32)18(13)33-19(15)21(25,26)27/h1-7,9,30,32H,8H2. The Morgan fingerprint density at radius 1 is 0.939 bits per heavy atom. The van der Waals surface area contributed by atoms with Crippen molar-refractivity contribution in [1.82, 2.24) is 9.78 Å². The van der Waals surface area contributed by atoms with Crippen molar-refractivity contribution in [2.75, 3.05) is 0 Å². The Balaban J connectivity index is 1.78. The van der Waals surface area contributed by atoms with E-state index in [1.165, 1.54) is 12.1 Å². The normalized spacial score (nSPS) is 12.4. The highest BCUT2D eigenvalue weighted by Crippen LogP contribution is 2.40. The van der Waals surface area contributed by atoms with Crippen LogP contribution < -0.4 is 5.43 Å². The van der Waals surface area contributed by atoms with E-state index < -0.39 is 57.1 Å². The fourth-order valence-electron chi connectivity index (χ4n) is 3.26. The molecule has 4 aromatic rings. The molecule has 33 heavy (non-hydrogen) atoms. The number of phenolic OH excluding ortho intramolecular Hbond substituents is 2. The lowest BCUT2D eigenvalue weighted by Crippen LogP contribution is -2.16. The monoisotopic (exact) mass is 470 g/mol. The van der Waals surface area contributed by atoms with Gasteiger partial charge in [-0.05, 0) is 29.8 Å². The van der Waals surface area contributed by atoms with Gasteiger partial charge >= 0.3 is 12.4 Å². The van der Waals surface area contributed by atoms with Gasteiger partial charge in [-0.15, -0.1) is 0 Å². The van der Waals surface area contributed by atoms with E-state index in [2.05, 4.69) is 5.10 Å². The molecule has 0 unspecified atom stereocenters.